The zero-order valence-electron chi connectivity index (χ0n) is 7.33. The van der Waals surface area contributed by atoms with E-state index in [1.54, 1.807) is 14.0 Å². The van der Waals surface area contributed by atoms with Gasteiger partial charge in [0.05, 0.1) is 5.69 Å². The van der Waals surface area contributed by atoms with E-state index < -0.39 is 0 Å². The lowest BCUT2D eigenvalue weighted by Crippen LogP contribution is -2.11. The molecule has 0 amide bonds. The van der Waals surface area contributed by atoms with Gasteiger partial charge in [-0.1, -0.05) is 0 Å². The highest BCUT2D eigenvalue weighted by molar-refractivity contribution is 5.77. The molecular formula is C7H9N5O. The van der Waals surface area contributed by atoms with Crippen LogP contribution in [0.5, 0.6) is 0 Å². The molecule has 2 aromatic rings. The van der Waals surface area contributed by atoms with Crippen molar-refractivity contribution in [2.45, 2.75) is 6.92 Å². The maximum atomic E-state index is 11.4. The van der Waals surface area contributed by atoms with Crippen molar-refractivity contribution in [2.75, 3.05) is 5.73 Å². The third-order valence-corrected chi connectivity index (χ3v) is 1.89. The number of nitrogens with two attached hydrogens (primary N) is 1. The molecule has 2 aromatic heterocycles. The number of aryl methyl sites for hydroxylation is 2. The van der Waals surface area contributed by atoms with E-state index in [0.29, 0.717) is 16.7 Å². The molecule has 6 nitrogen and oxygen atoms in total. The van der Waals surface area contributed by atoms with Crippen LogP contribution in [0.3, 0.4) is 0 Å². The molecule has 0 fully saturated rings. The van der Waals surface area contributed by atoms with E-state index >= 15 is 0 Å². The Balaban J connectivity index is 3.06. The van der Waals surface area contributed by atoms with Gasteiger partial charge in [-0.2, -0.15) is 10.1 Å². The molecule has 0 aliphatic carbocycles. The topological polar surface area (TPSA) is 89.6 Å². The summed E-state index contributed by atoms with van der Waals surface area (Å²) in [6.07, 6.45) is 0. The second-order valence-electron chi connectivity index (χ2n) is 2.86. The molecule has 0 unspecified atom stereocenters. The number of anilines is 1. The standard InChI is InChI=1S/C7H9N5O/c1-3-4-5(12(2)11-3)9-7(8)10-6(4)13/h1-2H3,(H3,8,9,10,13). The van der Waals surface area contributed by atoms with Crippen molar-refractivity contribution in [1.29, 1.82) is 0 Å². The van der Waals surface area contributed by atoms with Crippen molar-refractivity contribution in [2.24, 2.45) is 7.05 Å². The average Bonchev–Trinajstić information content (AvgIpc) is 2.27. The summed E-state index contributed by atoms with van der Waals surface area (Å²) in [7, 11) is 1.72. The number of hydrogen-bond acceptors (Lipinski definition) is 4. The fraction of sp³-hybridized carbons (Fsp3) is 0.286. The van der Waals surface area contributed by atoms with Crippen LogP contribution < -0.4 is 11.3 Å². The van der Waals surface area contributed by atoms with E-state index in [1.807, 2.05) is 0 Å². The Morgan fingerprint density at radius 2 is 2.23 bits per heavy atom. The van der Waals surface area contributed by atoms with Crippen molar-refractivity contribution in [1.82, 2.24) is 19.7 Å². The molecule has 0 aliphatic heterocycles. The number of hydrogen-bond donors (Lipinski definition) is 2. The zero-order valence-corrected chi connectivity index (χ0v) is 7.33. The summed E-state index contributed by atoms with van der Waals surface area (Å²) in [6, 6.07) is 0. The summed E-state index contributed by atoms with van der Waals surface area (Å²) < 4.78 is 1.54. The second-order valence-corrected chi connectivity index (χ2v) is 2.86. The summed E-state index contributed by atoms with van der Waals surface area (Å²) in [4.78, 5) is 17.8. The second kappa shape index (κ2) is 2.32. The first-order chi connectivity index (χ1) is 6.09. The van der Waals surface area contributed by atoms with Gasteiger partial charge in [0.1, 0.15) is 5.39 Å². The van der Waals surface area contributed by atoms with Gasteiger partial charge in [-0.3, -0.25) is 9.78 Å². The van der Waals surface area contributed by atoms with E-state index in [4.69, 9.17) is 5.73 Å². The van der Waals surface area contributed by atoms with E-state index in [1.165, 1.54) is 4.68 Å². The Morgan fingerprint density at radius 1 is 1.54 bits per heavy atom. The van der Waals surface area contributed by atoms with Gasteiger partial charge in [0.25, 0.3) is 5.56 Å². The first-order valence-electron chi connectivity index (χ1n) is 3.78. The largest absolute Gasteiger partial charge is 0.369 e. The number of nitrogens with one attached hydrogen (secondary N) is 1. The lowest BCUT2D eigenvalue weighted by Gasteiger charge is -1.93. The van der Waals surface area contributed by atoms with Gasteiger partial charge in [0.2, 0.25) is 5.95 Å². The van der Waals surface area contributed by atoms with E-state index in [2.05, 4.69) is 15.1 Å². The third kappa shape index (κ3) is 0.986. The maximum absolute atomic E-state index is 11.4. The highest BCUT2D eigenvalue weighted by atomic mass is 16.1. The number of fused-ring (bicyclic) bond motifs is 1. The molecule has 3 N–H and O–H groups in total. The third-order valence-electron chi connectivity index (χ3n) is 1.89. The maximum Gasteiger partial charge on any atom is 0.263 e. The van der Waals surface area contributed by atoms with Crippen molar-refractivity contribution in [3.8, 4) is 0 Å². The van der Waals surface area contributed by atoms with Crippen LogP contribution in [-0.2, 0) is 7.05 Å². The molecule has 0 bridgehead atoms. The average molecular weight is 179 g/mol. The van der Waals surface area contributed by atoms with E-state index in [9.17, 15) is 4.79 Å². The predicted molar refractivity (Wildman–Crippen MR) is 48.3 cm³/mol. The minimum absolute atomic E-state index is 0.112. The van der Waals surface area contributed by atoms with Gasteiger partial charge in [-0.25, -0.2) is 4.68 Å². The molecule has 6 heteroatoms. The lowest BCUT2D eigenvalue weighted by molar-refractivity contribution is 0.773. The van der Waals surface area contributed by atoms with Gasteiger partial charge in [-0.15, -0.1) is 0 Å². The van der Waals surface area contributed by atoms with Crippen LogP contribution in [0, 0.1) is 6.92 Å². The molecule has 2 heterocycles. The molecule has 0 aromatic carbocycles. The van der Waals surface area contributed by atoms with Gasteiger partial charge < -0.3 is 5.73 Å². The normalized spacial score (nSPS) is 10.9. The fourth-order valence-electron chi connectivity index (χ4n) is 1.36. The quantitative estimate of drug-likeness (QED) is 0.573. The molecule has 68 valence electrons. The van der Waals surface area contributed by atoms with Crippen LogP contribution in [0.25, 0.3) is 11.0 Å². The van der Waals surface area contributed by atoms with Crippen LogP contribution in [0.15, 0.2) is 4.79 Å². The van der Waals surface area contributed by atoms with Crippen LogP contribution in [0.1, 0.15) is 5.69 Å². The Labute approximate surface area is 73.4 Å². The molecule has 0 atom stereocenters. The molecule has 0 saturated carbocycles. The van der Waals surface area contributed by atoms with Crippen LogP contribution in [-0.4, -0.2) is 19.7 Å². The number of nitrogen functional groups attached to an aromatic ring is 1. The van der Waals surface area contributed by atoms with Gasteiger partial charge in [0, 0.05) is 7.05 Å². The molecule has 13 heavy (non-hydrogen) atoms. The minimum atomic E-state index is -0.242. The van der Waals surface area contributed by atoms with Crippen LogP contribution >= 0.6 is 0 Å². The van der Waals surface area contributed by atoms with Gasteiger partial charge >= 0.3 is 0 Å². The lowest BCUT2D eigenvalue weighted by atomic mass is 10.3. The molecule has 0 radical (unpaired) electrons. The first kappa shape index (κ1) is 7.78. The van der Waals surface area contributed by atoms with Crippen LogP contribution in [0.4, 0.5) is 5.95 Å². The van der Waals surface area contributed by atoms with E-state index in [-0.39, 0.29) is 11.5 Å². The Bertz CT molecular complexity index is 523. The molecule has 0 saturated heterocycles. The fourth-order valence-corrected chi connectivity index (χ4v) is 1.36. The van der Waals surface area contributed by atoms with Gasteiger partial charge in [0.15, 0.2) is 5.65 Å². The van der Waals surface area contributed by atoms with Crippen molar-refractivity contribution in [3.05, 3.63) is 16.0 Å². The Kier molecular flexibility index (Phi) is 1.39. The zero-order chi connectivity index (χ0) is 9.59. The summed E-state index contributed by atoms with van der Waals surface area (Å²) in [5, 5.41) is 4.57. The first-order valence-corrected chi connectivity index (χ1v) is 3.78. The number of H-pyrrole nitrogens is 1. The SMILES string of the molecule is Cc1nn(C)c2nc(N)[nH]c(=O)c12. The summed E-state index contributed by atoms with van der Waals surface area (Å²) in [5.41, 5.74) is 6.32. The number of rotatable bonds is 0. The molecule has 0 spiro atoms. The number of aromatic amines is 1. The molecule has 2 rings (SSSR count). The van der Waals surface area contributed by atoms with E-state index in [0.717, 1.165) is 0 Å². The summed E-state index contributed by atoms with van der Waals surface area (Å²) in [6.45, 7) is 1.76. The Morgan fingerprint density at radius 3 is 2.92 bits per heavy atom. The van der Waals surface area contributed by atoms with Crippen molar-refractivity contribution in [3.63, 3.8) is 0 Å². The van der Waals surface area contributed by atoms with Crippen molar-refractivity contribution < 1.29 is 0 Å². The number of nitrogens with zero attached hydrogens (tertiary/aromatic N) is 3. The summed E-state index contributed by atoms with van der Waals surface area (Å²) in [5.74, 6) is 0.112. The highest BCUT2D eigenvalue weighted by Gasteiger charge is 2.10. The molecule has 0 aliphatic rings. The predicted octanol–water partition coefficient (Wildman–Crippen LogP) is -0.453. The monoisotopic (exact) mass is 179 g/mol. The van der Waals surface area contributed by atoms with Gasteiger partial charge in [-0.05, 0) is 6.92 Å². The number of aromatic nitrogens is 4. The Hall–Kier alpha value is -1.85. The minimum Gasteiger partial charge on any atom is -0.369 e. The van der Waals surface area contributed by atoms with Crippen LogP contribution in [0.2, 0.25) is 0 Å². The highest BCUT2D eigenvalue weighted by Crippen LogP contribution is 2.09. The van der Waals surface area contributed by atoms with Crippen molar-refractivity contribution >= 4 is 17.0 Å². The summed E-state index contributed by atoms with van der Waals surface area (Å²) >= 11 is 0. The molecular weight excluding hydrogens is 170 g/mol. The smallest absolute Gasteiger partial charge is 0.263 e.